The molecule has 0 radical (unpaired) electrons. The van der Waals surface area contributed by atoms with Crippen molar-refractivity contribution < 1.29 is 9.26 Å². The van der Waals surface area contributed by atoms with Gasteiger partial charge in [0, 0.05) is 11.3 Å². The molecule has 0 saturated heterocycles. The van der Waals surface area contributed by atoms with Gasteiger partial charge in [0.05, 0.1) is 18.2 Å². The number of rotatable bonds is 3. The van der Waals surface area contributed by atoms with Crippen molar-refractivity contribution in [3.63, 3.8) is 0 Å². The maximum atomic E-state index is 5.34. The van der Waals surface area contributed by atoms with Crippen LogP contribution in [0.3, 0.4) is 0 Å². The van der Waals surface area contributed by atoms with E-state index in [1.165, 1.54) is 0 Å². The summed E-state index contributed by atoms with van der Waals surface area (Å²) < 4.78 is 10.6. The lowest BCUT2D eigenvalue weighted by atomic mass is 10.1. The largest absolute Gasteiger partial charge is 0.480 e. The fourth-order valence-corrected chi connectivity index (χ4v) is 1.99. The maximum Gasteiger partial charge on any atom is 0.229 e. The molecule has 20 heavy (non-hydrogen) atoms. The second-order valence-corrected chi connectivity index (χ2v) is 4.85. The number of aromatic nitrogens is 3. The minimum atomic E-state index is 0.190. The third kappa shape index (κ3) is 2.11. The third-order valence-corrected chi connectivity index (χ3v) is 3.06. The van der Waals surface area contributed by atoms with Crippen molar-refractivity contribution in [3.8, 4) is 17.3 Å². The van der Waals surface area contributed by atoms with E-state index in [1.807, 2.05) is 44.2 Å². The van der Waals surface area contributed by atoms with E-state index in [1.54, 1.807) is 7.11 Å². The zero-order valence-electron chi connectivity index (χ0n) is 11.6. The lowest BCUT2D eigenvalue weighted by Gasteiger charge is -2.06. The average molecular weight is 269 g/mol. The Hall–Kier alpha value is -2.43. The van der Waals surface area contributed by atoms with Gasteiger partial charge in [0.25, 0.3) is 0 Å². The highest BCUT2D eigenvalue weighted by Crippen LogP contribution is 2.30. The molecule has 102 valence electrons. The lowest BCUT2D eigenvalue weighted by molar-refractivity contribution is 0.365. The highest BCUT2D eigenvalue weighted by Gasteiger charge is 2.17. The molecule has 0 aliphatic heterocycles. The Morgan fingerprint density at radius 2 is 1.95 bits per heavy atom. The molecule has 0 fully saturated rings. The van der Waals surface area contributed by atoms with Gasteiger partial charge in [-0.25, -0.2) is 4.98 Å². The number of para-hydroxylation sites is 1. The number of nitrogens with zero attached hydrogens (tertiary/aromatic N) is 3. The van der Waals surface area contributed by atoms with Crippen LogP contribution in [0.15, 0.2) is 34.9 Å². The molecule has 0 saturated carbocycles. The predicted octanol–water partition coefficient (Wildman–Crippen LogP) is 3.42. The number of hydrogen-bond donors (Lipinski definition) is 0. The molecule has 3 rings (SSSR count). The van der Waals surface area contributed by atoms with Crippen LogP contribution in [0.4, 0.5) is 0 Å². The quantitative estimate of drug-likeness (QED) is 0.729. The van der Waals surface area contributed by atoms with Gasteiger partial charge < -0.3 is 9.26 Å². The molecule has 0 aliphatic carbocycles. The molecule has 3 aromatic rings. The van der Waals surface area contributed by atoms with Crippen molar-refractivity contribution in [1.29, 1.82) is 0 Å². The number of methoxy groups -OCH3 is 1. The van der Waals surface area contributed by atoms with Crippen LogP contribution in [0.1, 0.15) is 25.7 Å². The molecule has 0 amide bonds. The SMILES string of the molecule is COc1nc2ccccc2cc1-c1noc(C(C)C)n1. The van der Waals surface area contributed by atoms with E-state index in [4.69, 9.17) is 9.26 Å². The van der Waals surface area contributed by atoms with E-state index >= 15 is 0 Å². The molecule has 2 aromatic heterocycles. The van der Waals surface area contributed by atoms with Gasteiger partial charge in [-0.1, -0.05) is 37.2 Å². The van der Waals surface area contributed by atoms with Crippen LogP contribution in [0, 0.1) is 0 Å². The Morgan fingerprint density at radius 1 is 1.15 bits per heavy atom. The van der Waals surface area contributed by atoms with Crippen molar-refractivity contribution in [2.75, 3.05) is 7.11 Å². The summed E-state index contributed by atoms with van der Waals surface area (Å²) in [6, 6.07) is 9.82. The van der Waals surface area contributed by atoms with E-state index in [0.29, 0.717) is 17.6 Å². The Bertz CT molecular complexity index is 750. The van der Waals surface area contributed by atoms with Crippen LogP contribution in [-0.2, 0) is 0 Å². The van der Waals surface area contributed by atoms with Gasteiger partial charge in [-0.15, -0.1) is 0 Å². The minimum Gasteiger partial charge on any atom is -0.480 e. The Kier molecular flexibility index (Phi) is 3.10. The molecule has 0 atom stereocenters. The molecule has 0 spiro atoms. The van der Waals surface area contributed by atoms with Crippen LogP contribution in [0.25, 0.3) is 22.3 Å². The molecule has 1 aromatic carbocycles. The van der Waals surface area contributed by atoms with Gasteiger partial charge in [-0.05, 0) is 12.1 Å². The minimum absolute atomic E-state index is 0.190. The van der Waals surface area contributed by atoms with E-state index in [0.717, 1.165) is 16.5 Å². The average Bonchev–Trinajstić information content (AvgIpc) is 2.95. The predicted molar refractivity (Wildman–Crippen MR) is 75.7 cm³/mol. The van der Waals surface area contributed by atoms with E-state index in [2.05, 4.69) is 15.1 Å². The molecule has 0 N–H and O–H groups in total. The Balaban J connectivity index is 2.17. The van der Waals surface area contributed by atoms with Gasteiger partial charge in [0.15, 0.2) is 0 Å². The Morgan fingerprint density at radius 3 is 2.65 bits per heavy atom. The van der Waals surface area contributed by atoms with Gasteiger partial charge in [0.1, 0.15) is 0 Å². The zero-order chi connectivity index (χ0) is 14.1. The normalized spacial score (nSPS) is 11.2. The molecule has 0 aliphatic rings. The molecule has 2 heterocycles. The fourth-order valence-electron chi connectivity index (χ4n) is 1.99. The van der Waals surface area contributed by atoms with E-state index in [9.17, 15) is 0 Å². The fraction of sp³-hybridized carbons (Fsp3) is 0.267. The standard InChI is InChI=1S/C15H15N3O2/c1-9(2)14-17-13(18-20-14)11-8-10-6-4-5-7-12(10)16-15(11)19-3/h4-9H,1-3H3. The molecular formula is C15H15N3O2. The lowest BCUT2D eigenvalue weighted by Crippen LogP contribution is -1.94. The van der Waals surface area contributed by atoms with E-state index in [-0.39, 0.29) is 5.92 Å². The first-order valence-corrected chi connectivity index (χ1v) is 6.47. The van der Waals surface area contributed by atoms with Gasteiger partial charge >= 0.3 is 0 Å². The highest BCUT2D eigenvalue weighted by molar-refractivity contribution is 5.84. The first kappa shape index (κ1) is 12.6. The monoisotopic (exact) mass is 269 g/mol. The number of ether oxygens (including phenoxy) is 1. The van der Waals surface area contributed by atoms with Crippen LogP contribution in [0.2, 0.25) is 0 Å². The molecule has 0 unspecified atom stereocenters. The third-order valence-electron chi connectivity index (χ3n) is 3.06. The second kappa shape index (κ2) is 4.92. The van der Waals surface area contributed by atoms with Crippen molar-refractivity contribution >= 4 is 10.9 Å². The zero-order valence-corrected chi connectivity index (χ0v) is 11.6. The van der Waals surface area contributed by atoms with Gasteiger partial charge in [-0.3, -0.25) is 0 Å². The molecule has 5 nitrogen and oxygen atoms in total. The molecule has 5 heteroatoms. The summed E-state index contributed by atoms with van der Waals surface area (Å²) >= 11 is 0. The van der Waals surface area contributed by atoms with Gasteiger partial charge in [0.2, 0.25) is 17.6 Å². The Labute approximate surface area is 116 Å². The smallest absolute Gasteiger partial charge is 0.229 e. The molecule has 0 bridgehead atoms. The molecular weight excluding hydrogens is 254 g/mol. The van der Waals surface area contributed by atoms with Crippen molar-refractivity contribution in [3.05, 3.63) is 36.2 Å². The topological polar surface area (TPSA) is 61.0 Å². The highest BCUT2D eigenvalue weighted by atomic mass is 16.5. The van der Waals surface area contributed by atoms with Crippen molar-refractivity contribution in [2.24, 2.45) is 0 Å². The summed E-state index contributed by atoms with van der Waals surface area (Å²) in [6.45, 7) is 4.01. The second-order valence-electron chi connectivity index (χ2n) is 4.85. The summed E-state index contributed by atoms with van der Waals surface area (Å²) in [7, 11) is 1.59. The summed E-state index contributed by atoms with van der Waals surface area (Å²) in [6.07, 6.45) is 0. The van der Waals surface area contributed by atoms with Crippen molar-refractivity contribution in [1.82, 2.24) is 15.1 Å². The van der Waals surface area contributed by atoms with Crippen LogP contribution >= 0.6 is 0 Å². The maximum absolute atomic E-state index is 5.34. The van der Waals surface area contributed by atoms with Crippen LogP contribution < -0.4 is 4.74 Å². The van der Waals surface area contributed by atoms with Gasteiger partial charge in [-0.2, -0.15) is 4.98 Å². The summed E-state index contributed by atoms with van der Waals surface area (Å²) in [4.78, 5) is 8.88. The number of fused-ring (bicyclic) bond motifs is 1. The number of benzene rings is 1. The first-order valence-electron chi connectivity index (χ1n) is 6.47. The number of hydrogen-bond acceptors (Lipinski definition) is 5. The summed E-state index contributed by atoms with van der Waals surface area (Å²) in [5.41, 5.74) is 1.61. The first-order chi connectivity index (χ1) is 9.69. The van der Waals surface area contributed by atoms with Crippen LogP contribution in [0.5, 0.6) is 5.88 Å². The number of pyridine rings is 1. The van der Waals surface area contributed by atoms with Crippen molar-refractivity contribution in [2.45, 2.75) is 19.8 Å². The van der Waals surface area contributed by atoms with Crippen LogP contribution in [-0.4, -0.2) is 22.2 Å². The summed E-state index contributed by atoms with van der Waals surface area (Å²) in [5, 5.41) is 5.03. The summed E-state index contributed by atoms with van der Waals surface area (Å²) in [5.74, 6) is 1.80. The van der Waals surface area contributed by atoms with E-state index < -0.39 is 0 Å².